The Kier molecular flexibility index (Phi) is 8.25. The van der Waals surface area contributed by atoms with Gasteiger partial charge in [0.1, 0.15) is 0 Å². The SMILES string of the molecule is CCCCCC(=O)Nc1cc(C(=O)OC)ccc1N1CCN(C(=O)c2ccccc2)CC1. The van der Waals surface area contributed by atoms with Crippen LogP contribution >= 0.6 is 0 Å². The summed E-state index contributed by atoms with van der Waals surface area (Å²) in [6.45, 7) is 4.52. The molecule has 2 amide bonds. The third-order valence-corrected chi connectivity index (χ3v) is 5.63. The van der Waals surface area contributed by atoms with Gasteiger partial charge < -0.3 is 19.9 Å². The zero-order valence-corrected chi connectivity index (χ0v) is 18.8. The highest BCUT2D eigenvalue weighted by Gasteiger charge is 2.24. The Labute approximate surface area is 189 Å². The first-order valence-corrected chi connectivity index (χ1v) is 11.1. The number of unbranched alkanes of at least 4 members (excludes halogenated alkanes) is 2. The van der Waals surface area contributed by atoms with E-state index < -0.39 is 5.97 Å². The Balaban J connectivity index is 1.72. The lowest BCUT2D eigenvalue weighted by molar-refractivity contribution is -0.116. The minimum Gasteiger partial charge on any atom is -0.465 e. The number of nitrogens with zero attached hydrogens (tertiary/aromatic N) is 2. The van der Waals surface area contributed by atoms with Crippen molar-refractivity contribution in [1.29, 1.82) is 0 Å². The number of ether oxygens (including phenoxy) is 1. The summed E-state index contributed by atoms with van der Waals surface area (Å²) in [6.07, 6.45) is 3.31. The van der Waals surface area contributed by atoms with Crippen molar-refractivity contribution >= 4 is 29.2 Å². The maximum Gasteiger partial charge on any atom is 0.337 e. The third kappa shape index (κ3) is 5.87. The molecule has 7 nitrogen and oxygen atoms in total. The number of nitrogens with one attached hydrogen (secondary N) is 1. The Bertz CT molecular complexity index is 937. The van der Waals surface area contributed by atoms with Crippen molar-refractivity contribution in [1.82, 2.24) is 4.90 Å². The first-order chi connectivity index (χ1) is 15.5. The van der Waals surface area contributed by atoms with Crippen LogP contribution in [0, 0.1) is 0 Å². The van der Waals surface area contributed by atoms with E-state index in [-0.39, 0.29) is 11.8 Å². The molecule has 1 heterocycles. The summed E-state index contributed by atoms with van der Waals surface area (Å²) in [5.41, 5.74) is 2.51. The van der Waals surface area contributed by atoms with Gasteiger partial charge in [0.15, 0.2) is 0 Å². The summed E-state index contributed by atoms with van der Waals surface area (Å²) in [6, 6.07) is 14.5. The molecule has 32 heavy (non-hydrogen) atoms. The van der Waals surface area contributed by atoms with Crippen molar-refractivity contribution in [2.24, 2.45) is 0 Å². The summed E-state index contributed by atoms with van der Waals surface area (Å²) in [7, 11) is 1.34. The lowest BCUT2D eigenvalue weighted by atomic mass is 10.1. The first kappa shape index (κ1) is 23.3. The number of carbonyl (C=O) groups is 3. The molecule has 7 heteroatoms. The van der Waals surface area contributed by atoms with Gasteiger partial charge in [-0.25, -0.2) is 4.79 Å². The highest BCUT2D eigenvalue weighted by Crippen LogP contribution is 2.29. The molecule has 1 fully saturated rings. The molecule has 0 bridgehead atoms. The largest absolute Gasteiger partial charge is 0.465 e. The lowest BCUT2D eigenvalue weighted by Gasteiger charge is -2.37. The van der Waals surface area contributed by atoms with Gasteiger partial charge in [0.2, 0.25) is 5.91 Å². The van der Waals surface area contributed by atoms with Gasteiger partial charge >= 0.3 is 5.97 Å². The Morgan fingerprint density at radius 3 is 2.31 bits per heavy atom. The predicted molar refractivity (Wildman–Crippen MR) is 125 cm³/mol. The zero-order chi connectivity index (χ0) is 22.9. The molecule has 2 aromatic carbocycles. The van der Waals surface area contributed by atoms with E-state index >= 15 is 0 Å². The quantitative estimate of drug-likeness (QED) is 0.500. The minimum atomic E-state index is -0.448. The van der Waals surface area contributed by atoms with Crippen LogP contribution in [0.1, 0.15) is 53.3 Å². The molecule has 1 aliphatic rings. The van der Waals surface area contributed by atoms with Gasteiger partial charge in [0.25, 0.3) is 5.91 Å². The van der Waals surface area contributed by atoms with Gasteiger partial charge in [-0.05, 0) is 36.8 Å². The number of amides is 2. The van der Waals surface area contributed by atoms with Crippen molar-refractivity contribution in [3.05, 3.63) is 59.7 Å². The van der Waals surface area contributed by atoms with E-state index in [1.165, 1.54) is 7.11 Å². The van der Waals surface area contributed by atoms with Gasteiger partial charge in [-0.1, -0.05) is 38.0 Å². The second kappa shape index (κ2) is 11.3. The van der Waals surface area contributed by atoms with Crippen molar-refractivity contribution < 1.29 is 19.1 Å². The fourth-order valence-electron chi connectivity index (χ4n) is 3.82. The van der Waals surface area contributed by atoms with Crippen molar-refractivity contribution in [2.45, 2.75) is 32.6 Å². The average molecular weight is 438 g/mol. The van der Waals surface area contributed by atoms with Crippen LogP contribution in [-0.4, -0.2) is 56.0 Å². The summed E-state index contributed by atoms with van der Waals surface area (Å²) < 4.78 is 4.83. The molecular formula is C25H31N3O4. The normalized spacial score (nSPS) is 13.6. The summed E-state index contributed by atoms with van der Waals surface area (Å²) >= 11 is 0. The van der Waals surface area contributed by atoms with Gasteiger partial charge in [0, 0.05) is 38.2 Å². The van der Waals surface area contributed by atoms with Crippen LogP contribution in [-0.2, 0) is 9.53 Å². The molecule has 2 aromatic rings. The van der Waals surface area contributed by atoms with E-state index in [1.807, 2.05) is 41.3 Å². The second-order valence-electron chi connectivity index (χ2n) is 7.87. The summed E-state index contributed by atoms with van der Waals surface area (Å²) in [4.78, 5) is 41.2. The number of esters is 1. The highest BCUT2D eigenvalue weighted by molar-refractivity contribution is 5.98. The number of methoxy groups -OCH3 is 1. The van der Waals surface area contributed by atoms with Gasteiger partial charge in [0.05, 0.1) is 24.0 Å². The smallest absolute Gasteiger partial charge is 0.337 e. The number of rotatable bonds is 8. The van der Waals surface area contributed by atoms with Gasteiger partial charge in [-0.3, -0.25) is 9.59 Å². The zero-order valence-electron chi connectivity index (χ0n) is 18.8. The number of carbonyl (C=O) groups excluding carboxylic acids is 3. The first-order valence-electron chi connectivity index (χ1n) is 11.1. The molecule has 0 radical (unpaired) electrons. The molecule has 0 aliphatic carbocycles. The van der Waals surface area contributed by atoms with Crippen LogP contribution in [0.4, 0.5) is 11.4 Å². The summed E-state index contributed by atoms with van der Waals surface area (Å²) in [5, 5.41) is 2.98. The molecule has 3 rings (SSSR count). The van der Waals surface area contributed by atoms with E-state index in [0.717, 1.165) is 24.9 Å². The second-order valence-corrected chi connectivity index (χ2v) is 7.87. The third-order valence-electron chi connectivity index (χ3n) is 5.63. The van der Waals surface area contributed by atoms with Crippen LogP contribution in [0.5, 0.6) is 0 Å². The van der Waals surface area contributed by atoms with Crippen molar-refractivity contribution in [2.75, 3.05) is 43.5 Å². The Morgan fingerprint density at radius 1 is 0.938 bits per heavy atom. The Morgan fingerprint density at radius 2 is 1.66 bits per heavy atom. The fourth-order valence-corrected chi connectivity index (χ4v) is 3.82. The topological polar surface area (TPSA) is 79.0 Å². The van der Waals surface area contributed by atoms with E-state index in [4.69, 9.17) is 4.74 Å². The molecule has 170 valence electrons. The monoisotopic (exact) mass is 437 g/mol. The maximum absolute atomic E-state index is 12.7. The predicted octanol–water partition coefficient (Wildman–Crippen LogP) is 3.95. The highest BCUT2D eigenvalue weighted by atomic mass is 16.5. The van der Waals surface area contributed by atoms with Crippen LogP contribution in [0.25, 0.3) is 0 Å². The minimum absolute atomic E-state index is 0.0238. The summed E-state index contributed by atoms with van der Waals surface area (Å²) in [5.74, 6) is -0.494. The van der Waals surface area contributed by atoms with E-state index in [1.54, 1.807) is 12.1 Å². The molecule has 1 aliphatic heterocycles. The van der Waals surface area contributed by atoms with Crippen LogP contribution in [0.3, 0.4) is 0 Å². The van der Waals surface area contributed by atoms with Crippen molar-refractivity contribution in [3.8, 4) is 0 Å². The molecule has 1 N–H and O–H groups in total. The van der Waals surface area contributed by atoms with Crippen LogP contribution < -0.4 is 10.2 Å². The van der Waals surface area contributed by atoms with Crippen LogP contribution in [0.15, 0.2) is 48.5 Å². The Hall–Kier alpha value is -3.35. The number of piperazine rings is 1. The van der Waals surface area contributed by atoms with Crippen LogP contribution in [0.2, 0.25) is 0 Å². The van der Waals surface area contributed by atoms with Gasteiger partial charge in [-0.2, -0.15) is 0 Å². The maximum atomic E-state index is 12.7. The van der Waals surface area contributed by atoms with E-state index in [2.05, 4.69) is 17.1 Å². The average Bonchev–Trinajstić information content (AvgIpc) is 2.84. The molecule has 0 spiro atoms. The number of hydrogen-bond acceptors (Lipinski definition) is 5. The number of anilines is 2. The number of benzene rings is 2. The van der Waals surface area contributed by atoms with Gasteiger partial charge in [-0.15, -0.1) is 0 Å². The molecule has 1 saturated heterocycles. The standard InChI is InChI=1S/C25H31N3O4/c1-3-4-6-11-23(29)26-21-18-20(25(31)32-2)12-13-22(21)27-14-16-28(17-15-27)24(30)19-9-7-5-8-10-19/h5,7-10,12-13,18H,3-4,6,11,14-17H2,1-2H3,(H,26,29). The molecule has 0 saturated carbocycles. The molecule has 0 aromatic heterocycles. The molecule has 0 atom stereocenters. The van der Waals surface area contributed by atoms with E-state index in [0.29, 0.717) is 49.4 Å². The lowest BCUT2D eigenvalue weighted by Crippen LogP contribution is -2.49. The van der Waals surface area contributed by atoms with Crippen molar-refractivity contribution in [3.63, 3.8) is 0 Å². The fraction of sp³-hybridized carbons (Fsp3) is 0.400. The molecular weight excluding hydrogens is 406 g/mol. The molecule has 0 unspecified atom stereocenters. The van der Waals surface area contributed by atoms with E-state index in [9.17, 15) is 14.4 Å². The number of hydrogen-bond donors (Lipinski definition) is 1.